The van der Waals surface area contributed by atoms with Crippen LogP contribution in [0.3, 0.4) is 0 Å². The molecule has 2 heterocycles. The van der Waals surface area contributed by atoms with Gasteiger partial charge in [0.2, 0.25) is 5.89 Å². The summed E-state index contributed by atoms with van der Waals surface area (Å²) in [6, 6.07) is 17.7. The predicted octanol–water partition coefficient (Wildman–Crippen LogP) is 4.84. The van der Waals surface area contributed by atoms with E-state index < -0.39 is 0 Å². The molecule has 0 N–H and O–H groups in total. The SMILES string of the molecule is Brc1ccc(Cc2nnc(-c3cc4ccccc4o3)o2)cc1. The molecule has 0 aliphatic heterocycles. The number of rotatable bonds is 3. The van der Waals surface area contributed by atoms with Crippen molar-refractivity contribution in [3.05, 3.63) is 70.5 Å². The van der Waals surface area contributed by atoms with Crippen molar-refractivity contribution in [2.24, 2.45) is 0 Å². The molecule has 2 aromatic carbocycles. The first-order valence-electron chi connectivity index (χ1n) is 6.84. The monoisotopic (exact) mass is 354 g/mol. The summed E-state index contributed by atoms with van der Waals surface area (Å²) in [7, 11) is 0. The highest BCUT2D eigenvalue weighted by Gasteiger charge is 2.13. The molecule has 4 rings (SSSR count). The van der Waals surface area contributed by atoms with Gasteiger partial charge < -0.3 is 8.83 Å². The molecule has 5 heteroatoms. The maximum absolute atomic E-state index is 5.73. The third kappa shape index (κ3) is 2.55. The molecule has 0 saturated heterocycles. The molecule has 4 nitrogen and oxygen atoms in total. The number of benzene rings is 2. The van der Waals surface area contributed by atoms with Crippen LogP contribution in [0.2, 0.25) is 0 Å². The zero-order chi connectivity index (χ0) is 14.9. The Morgan fingerprint density at radius 3 is 2.55 bits per heavy atom. The molecule has 22 heavy (non-hydrogen) atoms. The van der Waals surface area contributed by atoms with Gasteiger partial charge in [0.15, 0.2) is 5.76 Å². The molecule has 0 atom stereocenters. The lowest BCUT2D eigenvalue weighted by Crippen LogP contribution is -1.87. The van der Waals surface area contributed by atoms with Crippen LogP contribution in [0, 0.1) is 0 Å². The van der Waals surface area contributed by atoms with Gasteiger partial charge in [0.25, 0.3) is 5.89 Å². The topological polar surface area (TPSA) is 52.1 Å². The van der Waals surface area contributed by atoms with E-state index in [9.17, 15) is 0 Å². The van der Waals surface area contributed by atoms with E-state index >= 15 is 0 Å². The minimum Gasteiger partial charge on any atom is -0.451 e. The maximum Gasteiger partial charge on any atom is 0.283 e. The Morgan fingerprint density at radius 1 is 0.909 bits per heavy atom. The molecule has 0 saturated carbocycles. The summed E-state index contributed by atoms with van der Waals surface area (Å²) in [5.41, 5.74) is 1.92. The van der Waals surface area contributed by atoms with Crippen LogP contribution in [0.15, 0.2) is 67.9 Å². The first kappa shape index (κ1) is 13.3. The van der Waals surface area contributed by atoms with Crippen LogP contribution < -0.4 is 0 Å². The number of para-hydroxylation sites is 1. The van der Waals surface area contributed by atoms with E-state index in [0.29, 0.717) is 24.0 Å². The Bertz CT molecular complexity index is 892. The number of halogens is 1. The van der Waals surface area contributed by atoms with Crippen LogP contribution in [-0.4, -0.2) is 10.2 Å². The van der Waals surface area contributed by atoms with Gasteiger partial charge in [0.1, 0.15) is 5.58 Å². The third-order valence-electron chi connectivity index (χ3n) is 3.37. The second-order valence-electron chi connectivity index (χ2n) is 4.95. The second-order valence-corrected chi connectivity index (χ2v) is 5.87. The van der Waals surface area contributed by atoms with Gasteiger partial charge >= 0.3 is 0 Å². The van der Waals surface area contributed by atoms with Gasteiger partial charge in [0, 0.05) is 9.86 Å². The first-order valence-corrected chi connectivity index (χ1v) is 7.63. The number of fused-ring (bicyclic) bond motifs is 1. The van der Waals surface area contributed by atoms with Crippen molar-refractivity contribution in [2.75, 3.05) is 0 Å². The van der Waals surface area contributed by atoms with Gasteiger partial charge in [-0.1, -0.05) is 46.3 Å². The lowest BCUT2D eigenvalue weighted by Gasteiger charge is -1.96. The Kier molecular flexibility index (Phi) is 3.27. The van der Waals surface area contributed by atoms with Crippen LogP contribution in [-0.2, 0) is 6.42 Å². The Hall–Kier alpha value is -2.40. The van der Waals surface area contributed by atoms with E-state index in [0.717, 1.165) is 21.0 Å². The molecule has 0 bridgehead atoms. The van der Waals surface area contributed by atoms with E-state index in [1.54, 1.807) is 0 Å². The number of nitrogens with zero attached hydrogens (tertiary/aromatic N) is 2. The second kappa shape index (κ2) is 5.42. The quantitative estimate of drug-likeness (QED) is 0.528. The van der Waals surface area contributed by atoms with Crippen LogP contribution in [0.25, 0.3) is 22.6 Å². The van der Waals surface area contributed by atoms with E-state index in [2.05, 4.69) is 26.1 Å². The molecule has 0 unspecified atom stereocenters. The summed E-state index contributed by atoms with van der Waals surface area (Å²) in [5.74, 6) is 1.57. The molecule has 4 aromatic rings. The van der Waals surface area contributed by atoms with Crippen LogP contribution in [0.5, 0.6) is 0 Å². The Morgan fingerprint density at radius 2 is 1.73 bits per heavy atom. The van der Waals surface area contributed by atoms with Crippen LogP contribution in [0.4, 0.5) is 0 Å². The summed E-state index contributed by atoms with van der Waals surface area (Å²) >= 11 is 3.42. The predicted molar refractivity (Wildman–Crippen MR) is 86.5 cm³/mol. The molecular formula is C17H11BrN2O2. The fourth-order valence-corrected chi connectivity index (χ4v) is 2.55. The highest BCUT2D eigenvalue weighted by molar-refractivity contribution is 9.10. The summed E-state index contributed by atoms with van der Waals surface area (Å²) in [4.78, 5) is 0. The first-order chi connectivity index (χ1) is 10.8. The fourth-order valence-electron chi connectivity index (χ4n) is 2.29. The summed E-state index contributed by atoms with van der Waals surface area (Å²) in [6.45, 7) is 0. The molecule has 0 aliphatic carbocycles. The van der Waals surface area contributed by atoms with Crippen molar-refractivity contribution in [3.63, 3.8) is 0 Å². The van der Waals surface area contributed by atoms with Crippen LogP contribution in [0.1, 0.15) is 11.5 Å². The lowest BCUT2D eigenvalue weighted by molar-refractivity contribution is 0.496. The Labute approximate surface area is 134 Å². The lowest BCUT2D eigenvalue weighted by atomic mass is 10.1. The minimum absolute atomic E-state index is 0.406. The largest absolute Gasteiger partial charge is 0.451 e. The average molecular weight is 355 g/mol. The van der Waals surface area contributed by atoms with Gasteiger partial charge in [-0.15, -0.1) is 10.2 Å². The molecule has 0 radical (unpaired) electrons. The molecule has 2 aromatic heterocycles. The molecule has 0 spiro atoms. The van der Waals surface area contributed by atoms with E-state index in [-0.39, 0.29) is 0 Å². The maximum atomic E-state index is 5.73. The standard InChI is InChI=1S/C17H11BrN2O2/c18-13-7-5-11(6-8-13)9-16-19-20-17(22-16)15-10-12-3-1-2-4-14(12)21-15/h1-8,10H,9H2. The highest BCUT2D eigenvalue weighted by atomic mass is 79.9. The highest BCUT2D eigenvalue weighted by Crippen LogP contribution is 2.27. The van der Waals surface area contributed by atoms with Crippen molar-refractivity contribution >= 4 is 26.9 Å². The zero-order valence-electron chi connectivity index (χ0n) is 11.5. The molecule has 0 amide bonds. The van der Waals surface area contributed by atoms with Gasteiger partial charge in [-0.25, -0.2) is 0 Å². The fraction of sp³-hybridized carbons (Fsp3) is 0.0588. The number of furan rings is 1. The number of hydrogen-bond donors (Lipinski definition) is 0. The van der Waals surface area contributed by atoms with Gasteiger partial charge in [-0.3, -0.25) is 0 Å². The van der Waals surface area contributed by atoms with Crippen LogP contribution >= 0.6 is 15.9 Å². The Balaban J connectivity index is 1.61. The summed E-state index contributed by atoms with van der Waals surface area (Å²) in [5, 5.41) is 9.19. The van der Waals surface area contributed by atoms with Gasteiger partial charge in [0.05, 0.1) is 6.42 Å². The van der Waals surface area contributed by atoms with Gasteiger partial charge in [-0.2, -0.15) is 0 Å². The molecule has 108 valence electrons. The number of aromatic nitrogens is 2. The zero-order valence-corrected chi connectivity index (χ0v) is 13.1. The van der Waals surface area contributed by atoms with Crippen molar-refractivity contribution < 1.29 is 8.83 Å². The summed E-state index contributed by atoms with van der Waals surface area (Å²) in [6.07, 6.45) is 0.598. The minimum atomic E-state index is 0.406. The van der Waals surface area contributed by atoms with Crippen molar-refractivity contribution in [3.8, 4) is 11.7 Å². The van der Waals surface area contributed by atoms with Gasteiger partial charge in [-0.05, 0) is 29.8 Å². The van der Waals surface area contributed by atoms with E-state index in [1.807, 2.05) is 54.6 Å². The molecule has 0 fully saturated rings. The van der Waals surface area contributed by atoms with Crippen molar-refractivity contribution in [2.45, 2.75) is 6.42 Å². The van der Waals surface area contributed by atoms with E-state index in [1.165, 1.54) is 0 Å². The van der Waals surface area contributed by atoms with Crippen molar-refractivity contribution in [1.82, 2.24) is 10.2 Å². The van der Waals surface area contributed by atoms with Crippen molar-refractivity contribution in [1.29, 1.82) is 0 Å². The third-order valence-corrected chi connectivity index (χ3v) is 3.90. The van der Waals surface area contributed by atoms with E-state index in [4.69, 9.17) is 8.83 Å². The summed E-state index contributed by atoms with van der Waals surface area (Å²) < 4.78 is 12.5. The smallest absolute Gasteiger partial charge is 0.283 e. The molecule has 0 aliphatic rings. The number of hydrogen-bond acceptors (Lipinski definition) is 4. The molecular weight excluding hydrogens is 344 g/mol. The normalized spacial score (nSPS) is 11.1. The average Bonchev–Trinajstić information content (AvgIpc) is 3.15.